The van der Waals surface area contributed by atoms with Crippen LogP contribution in [0.15, 0.2) is 29.2 Å². The number of hydrogen-bond donors (Lipinski definition) is 2. The van der Waals surface area contributed by atoms with E-state index < -0.39 is 0 Å². The number of amides is 2. The zero-order valence-electron chi connectivity index (χ0n) is 12.7. The van der Waals surface area contributed by atoms with Crippen molar-refractivity contribution < 1.29 is 9.53 Å². The van der Waals surface area contributed by atoms with Crippen molar-refractivity contribution in [3.63, 3.8) is 0 Å². The van der Waals surface area contributed by atoms with Crippen molar-refractivity contribution in [1.82, 2.24) is 15.5 Å². The van der Waals surface area contributed by atoms with E-state index >= 15 is 0 Å². The van der Waals surface area contributed by atoms with Crippen LogP contribution in [0.2, 0.25) is 0 Å². The summed E-state index contributed by atoms with van der Waals surface area (Å²) in [4.78, 5) is 15.7. The highest BCUT2D eigenvalue weighted by Crippen LogP contribution is 2.35. The summed E-state index contributed by atoms with van der Waals surface area (Å²) in [5.74, 6) is 1.05. The topological polar surface area (TPSA) is 53.6 Å². The maximum absolute atomic E-state index is 12.1. The van der Waals surface area contributed by atoms with Gasteiger partial charge in [-0.1, -0.05) is 18.2 Å². The van der Waals surface area contributed by atoms with E-state index in [4.69, 9.17) is 4.74 Å². The van der Waals surface area contributed by atoms with E-state index in [0.29, 0.717) is 6.54 Å². The van der Waals surface area contributed by atoms with Gasteiger partial charge in [-0.15, -0.1) is 11.8 Å². The van der Waals surface area contributed by atoms with Crippen LogP contribution in [0.25, 0.3) is 0 Å². The van der Waals surface area contributed by atoms with E-state index in [0.717, 1.165) is 45.0 Å². The Hall–Kier alpha value is -1.24. The number of thioether (sulfide) groups is 1. The third-order valence-corrected chi connectivity index (χ3v) is 5.20. The molecule has 1 fully saturated rings. The molecule has 2 heterocycles. The lowest BCUT2D eigenvalue weighted by Crippen LogP contribution is -2.44. The van der Waals surface area contributed by atoms with Crippen LogP contribution in [0.4, 0.5) is 4.79 Å². The first-order valence-corrected chi connectivity index (χ1v) is 8.88. The number of ether oxygens (including phenoxy) is 1. The summed E-state index contributed by atoms with van der Waals surface area (Å²) in [5, 5.41) is 6.07. The highest BCUT2D eigenvalue weighted by molar-refractivity contribution is 7.99. The van der Waals surface area contributed by atoms with Gasteiger partial charge in [0.1, 0.15) is 0 Å². The van der Waals surface area contributed by atoms with E-state index in [-0.39, 0.29) is 12.1 Å². The maximum atomic E-state index is 12.1. The molecular weight excluding hydrogens is 298 g/mol. The average molecular weight is 321 g/mol. The third-order valence-electron chi connectivity index (χ3n) is 4.08. The largest absolute Gasteiger partial charge is 0.379 e. The molecular formula is C16H23N3O2S. The van der Waals surface area contributed by atoms with E-state index in [2.05, 4.69) is 33.7 Å². The molecule has 2 amide bonds. The standard InChI is InChI=1S/C16H23N3O2S/c20-16(17-6-7-19-8-10-21-11-9-19)18-14-5-12-22-15-4-2-1-3-13(14)15/h1-4,14H,5-12H2,(H2,17,18,20)/t14-/m1/s1. The summed E-state index contributed by atoms with van der Waals surface area (Å²) < 4.78 is 5.32. The highest BCUT2D eigenvalue weighted by Gasteiger charge is 2.21. The second kappa shape index (κ2) is 7.85. The third kappa shape index (κ3) is 4.15. The van der Waals surface area contributed by atoms with Crippen LogP contribution in [0.1, 0.15) is 18.0 Å². The van der Waals surface area contributed by atoms with Crippen molar-refractivity contribution in [3.05, 3.63) is 29.8 Å². The van der Waals surface area contributed by atoms with Crippen molar-refractivity contribution in [3.8, 4) is 0 Å². The van der Waals surface area contributed by atoms with Crippen molar-refractivity contribution in [2.45, 2.75) is 17.4 Å². The number of rotatable bonds is 4. The van der Waals surface area contributed by atoms with Crippen LogP contribution >= 0.6 is 11.8 Å². The number of nitrogens with zero attached hydrogens (tertiary/aromatic N) is 1. The minimum Gasteiger partial charge on any atom is -0.379 e. The predicted molar refractivity (Wildman–Crippen MR) is 88.3 cm³/mol. The van der Waals surface area contributed by atoms with Gasteiger partial charge in [0.05, 0.1) is 19.3 Å². The van der Waals surface area contributed by atoms with Gasteiger partial charge in [-0.05, 0) is 18.1 Å². The fraction of sp³-hybridized carbons (Fsp3) is 0.562. The quantitative estimate of drug-likeness (QED) is 0.889. The van der Waals surface area contributed by atoms with Gasteiger partial charge in [0.2, 0.25) is 0 Å². The second-order valence-corrected chi connectivity index (χ2v) is 6.72. The van der Waals surface area contributed by atoms with Crippen LogP contribution in [0, 0.1) is 0 Å². The molecule has 2 aliphatic heterocycles. The number of hydrogen-bond acceptors (Lipinski definition) is 4. The van der Waals surface area contributed by atoms with E-state index in [1.54, 1.807) is 0 Å². The molecule has 22 heavy (non-hydrogen) atoms. The number of carbonyl (C=O) groups is 1. The van der Waals surface area contributed by atoms with Crippen LogP contribution in [-0.4, -0.2) is 56.1 Å². The van der Waals surface area contributed by atoms with Crippen molar-refractivity contribution in [2.75, 3.05) is 45.1 Å². The fourth-order valence-corrected chi connectivity index (χ4v) is 3.98. The first kappa shape index (κ1) is 15.6. The molecule has 2 N–H and O–H groups in total. The van der Waals surface area contributed by atoms with E-state index in [1.165, 1.54) is 10.5 Å². The van der Waals surface area contributed by atoms with Gasteiger partial charge in [-0.2, -0.15) is 0 Å². The molecule has 3 rings (SSSR count). The SMILES string of the molecule is O=C(NCCN1CCOCC1)N[C@@H]1CCSc2ccccc21. The van der Waals surface area contributed by atoms with Crippen LogP contribution in [0.5, 0.6) is 0 Å². The normalized spacial score (nSPS) is 21.9. The number of carbonyl (C=O) groups excluding carboxylic acids is 1. The van der Waals surface area contributed by atoms with E-state index in [1.807, 2.05) is 17.8 Å². The lowest BCUT2D eigenvalue weighted by Gasteiger charge is -2.27. The van der Waals surface area contributed by atoms with Gasteiger partial charge in [0.15, 0.2) is 0 Å². The van der Waals surface area contributed by atoms with Gasteiger partial charge in [0.25, 0.3) is 0 Å². The van der Waals surface area contributed by atoms with Gasteiger partial charge in [-0.25, -0.2) is 4.79 Å². The molecule has 6 heteroatoms. The summed E-state index contributed by atoms with van der Waals surface area (Å²) in [6.45, 7) is 5.06. The molecule has 0 unspecified atom stereocenters. The Bertz CT molecular complexity index is 506. The molecule has 1 saturated heterocycles. The Morgan fingerprint density at radius 1 is 1.32 bits per heavy atom. The fourth-order valence-electron chi connectivity index (χ4n) is 2.85. The molecule has 1 aromatic rings. The number of nitrogens with one attached hydrogen (secondary N) is 2. The zero-order valence-corrected chi connectivity index (χ0v) is 13.5. The number of morpholine rings is 1. The van der Waals surface area contributed by atoms with Crippen molar-refractivity contribution in [2.24, 2.45) is 0 Å². The van der Waals surface area contributed by atoms with Crippen LogP contribution < -0.4 is 10.6 Å². The molecule has 0 aliphatic carbocycles. The smallest absolute Gasteiger partial charge is 0.315 e. The number of benzene rings is 1. The van der Waals surface area contributed by atoms with Crippen molar-refractivity contribution >= 4 is 17.8 Å². The van der Waals surface area contributed by atoms with Gasteiger partial charge < -0.3 is 15.4 Å². The first-order chi connectivity index (χ1) is 10.8. The Morgan fingerprint density at radius 2 is 2.14 bits per heavy atom. The van der Waals surface area contributed by atoms with Gasteiger partial charge >= 0.3 is 6.03 Å². The monoisotopic (exact) mass is 321 g/mol. The Balaban J connectivity index is 1.44. The van der Waals surface area contributed by atoms with Crippen molar-refractivity contribution in [1.29, 1.82) is 0 Å². The molecule has 2 aliphatic rings. The summed E-state index contributed by atoms with van der Waals surface area (Å²) in [6, 6.07) is 8.39. The molecule has 1 atom stereocenters. The Kier molecular flexibility index (Phi) is 5.58. The minimum atomic E-state index is -0.0695. The molecule has 0 aromatic heterocycles. The molecule has 0 radical (unpaired) electrons. The molecule has 0 bridgehead atoms. The maximum Gasteiger partial charge on any atom is 0.315 e. The lowest BCUT2D eigenvalue weighted by molar-refractivity contribution is 0.0387. The summed E-state index contributed by atoms with van der Waals surface area (Å²) in [7, 11) is 0. The minimum absolute atomic E-state index is 0.0695. The summed E-state index contributed by atoms with van der Waals surface area (Å²) in [6.07, 6.45) is 0.985. The molecule has 1 aromatic carbocycles. The van der Waals surface area contributed by atoms with Gasteiger partial charge in [0, 0.05) is 36.8 Å². The molecule has 0 saturated carbocycles. The zero-order chi connectivity index (χ0) is 15.2. The summed E-state index contributed by atoms with van der Waals surface area (Å²) >= 11 is 1.87. The van der Waals surface area contributed by atoms with Crippen LogP contribution in [-0.2, 0) is 4.74 Å². The second-order valence-electron chi connectivity index (χ2n) is 5.58. The predicted octanol–water partition coefficient (Wildman–Crippen LogP) is 1.85. The molecule has 120 valence electrons. The molecule has 5 nitrogen and oxygen atoms in total. The average Bonchev–Trinajstić information content (AvgIpc) is 2.56. The Labute approximate surface area is 135 Å². The highest BCUT2D eigenvalue weighted by atomic mass is 32.2. The Morgan fingerprint density at radius 3 is 3.00 bits per heavy atom. The van der Waals surface area contributed by atoms with Crippen LogP contribution in [0.3, 0.4) is 0 Å². The lowest BCUT2D eigenvalue weighted by atomic mass is 10.0. The van der Waals surface area contributed by atoms with Gasteiger partial charge in [-0.3, -0.25) is 4.90 Å². The first-order valence-electron chi connectivity index (χ1n) is 7.89. The molecule has 0 spiro atoms. The summed E-state index contributed by atoms with van der Waals surface area (Å²) in [5.41, 5.74) is 1.24. The number of urea groups is 1. The number of fused-ring (bicyclic) bond motifs is 1. The van der Waals surface area contributed by atoms with E-state index in [9.17, 15) is 4.79 Å².